The monoisotopic (exact) mass is 365 g/mol. The van der Waals surface area contributed by atoms with E-state index in [0.717, 1.165) is 22.8 Å². The summed E-state index contributed by atoms with van der Waals surface area (Å²) in [5, 5.41) is 11.4. The number of fused-ring (bicyclic) bond motifs is 2. The van der Waals surface area contributed by atoms with Gasteiger partial charge in [-0.2, -0.15) is 0 Å². The van der Waals surface area contributed by atoms with E-state index in [1.54, 1.807) is 4.90 Å². The molecule has 1 atom stereocenters. The minimum Gasteiger partial charge on any atom is -0.489 e. The second-order valence-electron chi connectivity index (χ2n) is 7.21. The first-order chi connectivity index (χ1) is 13.0. The van der Waals surface area contributed by atoms with E-state index in [4.69, 9.17) is 4.74 Å². The number of urea groups is 1. The number of carbonyl (C=O) groups is 1. The molecule has 2 amide bonds. The summed E-state index contributed by atoms with van der Waals surface area (Å²) in [5.41, 5.74) is 2.48. The molecule has 0 saturated heterocycles. The lowest BCUT2D eigenvalue weighted by molar-refractivity contribution is 0.167. The van der Waals surface area contributed by atoms with E-state index in [0.29, 0.717) is 18.8 Å². The van der Waals surface area contributed by atoms with Crippen molar-refractivity contribution < 1.29 is 9.53 Å². The molecular weight excluding hydrogens is 342 g/mol. The molecule has 1 aromatic carbocycles. The highest BCUT2D eigenvalue weighted by molar-refractivity contribution is 5.89. The molecule has 0 aliphatic carbocycles. The zero-order valence-electron chi connectivity index (χ0n) is 15.7. The number of benzene rings is 1. The Morgan fingerprint density at radius 2 is 2.04 bits per heavy atom. The van der Waals surface area contributed by atoms with Gasteiger partial charge in [-0.1, -0.05) is 32.0 Å². The smallest absolute Gasteiger partial charge is 0.322 e. The molecule has 140 valence electrons. The molecule has 1 aliphatic heterocycles. The average Bonchev–Trinajstić information content (AvgIpc) is 2.97. The maximum Gasteiger partial charge on any atom is 0.322 e. The number of anilines is 1. The number of rotatable bonds is 2. The fraction of sp³-hybridized carbons (Fsp3) is 0.350. The van der Waals surface area contributed by atoms with Crippen LogP contribution in [0.25, 0.3) is 5.65 Å². The molecule has 3 aromatic rings. The van der Waals surface area contributed by atoms with Gasteiger partial charge in [-0.15, -0.1) is 10.2 Å². The van der Waals surface area contributed by atoms with Crippen LogP contribution in [0, 0.1) is 0 Å². The Labute approximate surface area is 158 Å². The van der Waals surface area contributed by atoms with Crippen molar-refractivity contribution in [1.29, 1.82) is 0 Å². The normalized spacial score (nSPS) is 16.7. The van der Waals surface area contributed by atoms with Crippen LogP contribution in [0.5, 0.6) is 5.75 Å². The third-order valence-corrected chi connectivity index (χ3v) is 4.62. The zero-order valence-corrected chi connectivity index (χ0v) is 15.7. The summed E-state index contributed by atoms with van der Waals surface area (Å²) in [4.78, 5) is 14.7. The number of ether oxygens (including phenoxy) is 1. The van der Waals surface area contributed by atoms with E-state index in [9.17, 15) is 4.79 Å². The minimum absolute atomic E-state index is 0.0766. The van der Waals surface area contributed by atoms with Gasteiger partial charge in [-0.3, -0.25) is 4.40 Å². The third-order valence-electron chi connectivity index (χ3n) is 4.62. The predicted octanol–water partition coefficient (Wildman–Crippen LogP) is 3.67. The standard InChI is InChI=1S/C20H23N5O2/c1-13(2)19-23-22-18-9-8-16(12-25(18)19)21-20(26)24-10-14(3)27-17-7-5-4-6-15(17)11-24/h4-9,12-14H,10-11H2,1-3H3,(H,21,26). The van der Waals surface area contributed by atoms with Crippen LogP contribution in [0.15, 0.2) is 42.6 Å². The van der Waals surface area contributed by atoms with E-state index < -0.39 is 0 Å². The van der Waals surface area contributed by atoms with E-state index in [1.807, 2.05) is 53.9 Å². The average molecular weight is 365 g/mol. The van der Waals surface area contributed by atoms with Crippen LogP contribution in [0.3, 0.4) is 0 Å². The van der Waals surface area contributed by atoms with Gasteiger partial charge in [0.1, 0.15) is 17.7 Å². The lowest BCUT2D eigenvalue weighted by Crippen LogP contribution is -2.38. The largest absolute Gasteiger partial charge is 0.489 e. The molecule has 7 heteroatoms. The summed E-state index contributed by atoms with van der Waals surface area (Å²) < 4.78 is 7.85. The van der Waals surface area contributed by atoms with Crippen molar-refractivity contribution in [3.05, 3.63) is 54.0 Å². The third kappa shape index (κ3) is 3.45. The highest BCUT2D eigenvalue weighted by atomic mass is 16.5. The van der Waals surface area contributed by atoms with Gasteiger partial charge < -0.3 is 15.0 Å². The Kier molecular flexibility index (Phi) is 4.43. The maximum absolute atomic E-state index is 12.9. The number of pyridine rings is 1. The number of amides is 2. The first-order valence-electron chi connectivity index (χ1n) is 9.16. The van der Waals surface area contributed by atoms with Crippen LogP contribution in [0.4, 0.5) is 10.5 Å². The van der Waals surface area contributed by atoms with Crippen molar-refractivity contribution in [2.24, 2.45) is 0 Å². The molecule has 0 saturated carbocycles. The van der Waals surface area contributed by atoms with Gasteiger partial charge in [0.2, 0.25) is 0 Å². The van der Waals surface area contributed by atoms with E-state index in [1.165, 1.54) is 0 Å². The lowest BCUT2D eigenvalue weighted by atomic mass is 10.2. The fourth-order valence-corrected chi connectivity index (χ4v) is 3.32. The Hall–Kier alpha value is -3.09. The van der Waals surface area contributed by atoms with Gasteiger partial charge in [-0.25, -0.2) is 4.79 Å². The molecule has 3 heterocycles. The molecular formula is C20H23N5O2. The molecule has 1 N–H and O–H groups in total. The molecule has 0 spiro atoms. The van der Waals surface area contributed by atoms with Gasteiger partial charge in [0.05, 0.1) is 18.8 Å². The number of hydrogen-bond donors (Lipinski definition) is 1. The topological polar surface area (TPSA) is 71.8 Å². The Morgan fingerprint density at radius 3 is 2.85 bits per heavy atom. The summed E-state index contributed by atoms with van der Waals surface area (Å²) in [5.74, 6) is 1.95. The maximum atomic E-state index is 12.9. The van der Waals surface area contributed by atoms with E-state index in [-0.39, 0.29) is 18.1 Å². The highest BCUT2D eigenvalue weighted by Gasteiger charge is 2.23. The second kappa shape index (κ2) is 6.90. The number of nitrogens with one attached hydrogen (secondary N) is 1. The molecule has 0 bridgehead atoms. The summed E-state index contributed by atoms with van der Waals surface area (Å²) in [6.45, 7) is 7.14. The number of hydrogen-bond acceptors (Lipinski definition) is 4. The molecule has 1 unspecified atom stereocenters. The zero-order chi connectivity index (χ0) is 19.0. The molecule has 2 aromatic heterocycles. The summed E-state index contributed by atoms with van der Waals surface area (Å²) in [6, 6.07) is 11.4. The molecule has 1 aliphatic rings. The number of aromatic nitrogens is 3. The van der Waals surface area contributed by atoms with Crippen LogP contribution < -0.4 is 10.1 Å². The van der Waals surface area contributed by atoms with E-state index in [2.05, 4.69) is 29.4 Å². The Balaban J connectivity index is 1.56. The Morgan fingerprint density at radius 1 is 1.22 bits per heavy atom. The van der Waals surface area contributed by atoms with Crippen LogP contribution in [0.1, 0.15) is 38.1 Å². The first-order valence-corrected chi connectivity index (χ1v) is 9.16. The summed E-state index contributed by atoms with van der Waals surface area (Å²) in [6.07, 6.45) is 1.79. The fourth-order valence-electron chi connectivity index (χ4n) is 3.32. The van der Waals surface area contributed by atoms with Gasteiger partial charge >= 0.3 is 6.03 Å². The van der Waals surface area contributed by atoms with Crippen molar-refractivity contribution in [3.63, 3.8) is 0 Å². The van der Waals surface area contributed by atoms with Gasteiger partial charge in [0.15, 0.2) is 5.65 Å². The summed E-state index contributed by atoms with van der Waals surface area (Å²) >= 11 is 0. The van der Waals surface area contributed by atoms with Gasteiger partial charge in [0, 0.05) is 17.7 Å². The molecule has 0 fully saturated rings. The van der Waals surface area contributed by atoms with E-state index >= 15 is 0 Å². The van der Waals surface area contributed by atoms with Crippen molar-refractivity contribution in [2.45, 2.75) is 39.3 Å². The van der Waals surface area contributed by atoms with Crippen molar-refractivity contribution >= 4 is 17.4 Å². The lowest BCUT2D eigenvalue weighted by Gasteiger charge is -2.22. The second-order valence-corrected chi connectivity index (χ2v) is 7.21. The summed E-state index contributed by atoms with van der Waals surface area (Å²) in [7, 11) is 0. The van der Waals surface area contributed by atoms with Crippen LogP contribution in [0.2, 0.25) is 0 Å². The van der Waals surface area contributed by atoms with Crippen LogP contribution in [-0.2, 0) is 6.54 Å². The molecule has 7 nitrogen and oxygen atoms in total. The van der Waals surface area contributed by atoms with Crippen LogP contribution >= 0.6 is 0 Å². The SMILES string of the molecule is CC1CN(C(=O)Nc2ccc3nnc(C(C)C)n3c2)Cc2ccccc2O1. The van der Waals surface area contributed by atoms with Crippen molar-refractivity contribution in [3.8, 4) is 5.75 Å². The predicted molar refractivity (Wildman–Crippen MR) is 103 cm³/mol. The molecule has 0 radical (unpaired) electrons. The molecule has 4 rings (SSSR count). The number of carbonyl (C=O) groups excluding carboxylic acids is 1. The van der Waals surface area contributed by atoms with Crippen molar-refractivity contribution in [2.75, 3.05) is 11.9 Å². The first kappa shape index (κ1) is 17.3. The minimum atomic E-state index is -0.152. The number of para-hydroxylation sites is 1. The van der Waals surface area contributed by atoms with Crippen LogP contribution in [-0.4, -0.2) is 38.2 Å². The number of nitrogens with zero attached hydrogens (tertiary/aromatic N) is 4. The quantitative estimate of drug-likeness (QED) is 0.752. The highest BCUT2D eigenvalue weighted by Crippen LogP contribution is 2.25. The van der Waals surface area contributed by atoms with Crippen molar-refractivity contribution in [1.82, 2.24) is 19.5 Å². The Bertz CT molecular complexity index is 981. The van der Waals surface area contributed by atoms with Gasteiger partial charge in [0.25, 0.3) is 0 Å². The molecule has 27 heavy (non-hydrogen) atoms. The van der Waals surface area contributed by atoms with Gasteiger partial charge in [-0.05, 0) is 25.1 Å².